The van der Waals surface area contributed by atoms with E-state index in [-0.39, 0.29) is 5.91 Å². The number of para-hydroxylation sites is 2. The SMILES string of the molecule is CCOc1ccccc1Oc1ccc(CNC(=O)c2cc(-c3cccs3)[nH]n2)cn1. The zero-order chi connectivity index (χ0) is 20.8. The van der Waals surface area contributed by atoms with Gasteiger partial charge in [0.1, 0.15) is 0 Å². The Labute approximate surface area is 177 Å². The van der Waals surface area contributed by atoms with Crippen molar-refractivity contribution in [3.8, 4) is 28.0 Å². The molecule has 0 unspecified atom stereocenters. The molecule has 4 rings (SSSR count). The zero-order valence-corrected chi connectivity index (χ0v) is 17.1. The predicted octanol–water partition coefficient (Wildman–Crippen LogP) is 4.65. The number of hydrogen-bond acceptors (Lipinski definition) is 6. The Morgan fingerprint density at radius 3 is 2.73 bits per heavy atom. The van der Waals surface area contributed by atoms with Gasteiger partial charge in [0.15, 0.2) is 17.2 Å². The van der Waals surface area contributed by atoms with Crippen LogP contribution in [0.15, 0.2) is 66.2 Å². The monoisotopic (exact) mass is 420 g/mol. The van der Waals surface area contributed by atoms with E-state index in [1.165, 1.54) is 0 Å². The molecule has 0 aliphatic rings. The molecule has 2 N–H and O–H groups in total. The maximum atomic E-state index is 12.4. The molecular formula is C22H20N4O3S. The molecule has 0 aliphatic carbocycles. The Balaban J connectivity index is 1.34. The second-order valence-electron chi connectivity index (χ2n) is 6.31. The largest absolute Gasteiger partial charge is 0.490 e. The maximum absolute atomic E-state index is 12.4. The molecule has 0 saturated carbocycles. The van der Waals surface area contributed by atoms with E-state index in [0.29, 0.717) is 36.2 Å². The van der Waals surface area contributed by atoms with E-state index in [2.05, 4.69) is 20.5 Å². The molecule has 0 bridgehead atoms. The van der Waals surface area contributed by atoms with Crippen LogP contribution in [-0.2, 0) is 6.54 Å². The van der Waals surface area contributed by atoms with Crippen LogP contribution in [0, 0.1) is 0 Å². The normalized spacial score (nSPS) is 10.6. The molecule has 0 aliphatic heterocycles. The minimum Gasteiger partial charge on any atom is -0.490 e. The van der Waals surface area contributed by atoms with Crippen LogP contribution >= 0.6 is 11.3 Å². The second kappa shape index (κ2) is 9.23. The summed E-state index contributed by atoms with van der Waals surface area (Å²) in [5, 5.41) is 11.8. The molecule has 1 amide bonds. The van der Waals surface area contributed by atoms with Gasteiger partial charge in [0.05, 0.1) is 17.2 Å². The van der Waals surface area contributed by atoms with Crippen molar-refractivity contribution in [1.82, 2.24) is 20.5 Å². The number of carbonyl (C=O) groups excluding carboxylic acids is 1. The molecule has 152 valence electrons. The third kappa shape index (κ3) is 4.66. The van der Waals surface area contributed by atoms with Gasteiger partial charge in [-0.2, -0.15) is 5.10 Å². The lowest BCUT2D eigenvalue weighted by molar-refractivity contribution is 0.0946. The number of benzene rings is 1. The summed E-state index contributed by atoms with van der Waals surface area (Å²) < 4.78 is 11.4. The molecule has 0 fully saturated rings. The number of nitrogens with one attached hydrogen (secondary N) is 2. The van der Waals surface area contributed by atoms with Crippen LogP contribution in [0.3, 0.4) is 0 Å². The predicted molar refractivity (Wildman–Crippen MR) is 115 cm³/mol. The van der Waals surface area contributed by atoms with E-state index in [4.69, 9.17) is 9.47 Å². The van der Waals surface area contributed by atoms with E-state index in [0.717, 1.165) is 16.1 Å². The molecule has 30 heavy (non-hydrogen) atoms. The van der Waals surface area contributed by atoms with Crippen molar-refractivity contribution in [1.29, 1.82) is 0 Å². The van der Waals surface area contributed by atoms with Gasteiger partial charge in [-0.1, -0.05) is 24.3 Å². The van der Waals surface area contributed by atoms with E-state index >= 15 is 0 Å². The highest BCUT2D eigenvalue weighted by molar-refractivity contribution is 7.13. The van der Waals surface area contributed by atoms with Crippen LogP contribution in [0.1, 0.15) is 23.0 Å². The maximum Gasteiger partial charge on any atom is 0.272 e. The lowest BCUT2D eigenvalue weighted by atomic mass is 10.2. The fourth-order valence-electron chi connectivity index (χ4n) is 2.77. The molecule has 8 heteroatoms. The van der Waals surface area contributed by atoms with Crippen LogP contribution in [-0.4, -0.2) is 27.7 Å². The third-order valence-electron chi connectivity index (χ3n) is 4.21. The third-order valence-corrected chi connectivity index (χ3v) is 5.11. The van der Waals surface area contributed by atoms with Crippen molar-refractivity contribution >= 4 is 17.2 Å². The van der Waals surface area contributed by atoms with E-state index < -0.39 is 0 Å². The second-order valence-corrected chi connectivity index (χ2v) is 7.26. The average molecular weight is 420 g/mol. The Morgan fingerprint density at radius 2 is 2.00 bits per heavy atom. The van der Waals surface area contributed by atoms with Crippen LogP contribution in [0.25, 0.3) is 10.6 Å². The number of thiophene rings is 1. The Bertz CT molecular complexity index is 1110. The average Bonchev–Trinajstić information content (AvgIpc) is 3.47. The van der Waals surface area contributed by atoms with Gasteiger partial charge in [0.25, 0.3) is 5.91 Å². The van der Waals surface area contributed by atoms with Gasteiger partial charge in [0, 0.05) is 18.8 Å². The lowest BCUT2D eigenvalue weighted by Gasteiger charge is -2.11. The van der Waals surface area contributed by atoms with Crippen molar-refractivity contribution in [3.63, 3.8) is 0 Å². The Kier molecular flexibility index (Phi) is 6.05. The number of H-pyrrole nitrogens is 1. The van der Waals surface area contributed by atoms with Gasteiger partial charge in [0.2, 0.25) is 5.88 Å². The molecule has 3 heterocycles. The van der Waals surface area contributed by atoms with E-state index in [9.17, 15) is 4.79 Å². The molecule has 1 aromatic carbocycles. The zero-order valence-electron chi connectivity index (χ0n) is 16.3. The topological polar surface area (TPSA) is 89.1 Å². The van der Waals surface area contributed by atoms with Gasteiger partial charge in [-0.05, 0) is 42.1 Å². The minimum absolute atomic E-state index is 0.250. The highest BCUT2D eigenvalue weighted by Crippen LogP contribution is 2.30. The van der Waals surface area contributed by atoms with Crippen LogP contribution in [0.4, 0.5) is 0 Å². The Morgan fingerprint density at radius 1 is 1.13 bits per heavy atom. The fraction of sp³-hybridized carbons (Fsp3) is 0.136. The highest BCUT2D eigenvalue weighted by atomic mass is 32.1. The smallest absolute Gasteiger partial charge is 0.272 e. The molecule has 0 radical (unpaired) electrons. The number of aromatic nitrogens is 3. The molecule has 7 nitrogen and oxygen atoms in total. The van der Waals surface area contributed by atoms with Gasteiger partial charge in [-0.15, -0.1) is 11.3 Å². The van der Waals surface area contributed by atoms with Crippen LogP contribution in [0.5, 0.6) is 17.4 Å². The Hall–Kier alpha value is -3.65. The molecule has 0 saturated heterocycles. The van der Waals surface area contributed by atoms with Gasteiger partial charge >= 0.3 is 0 Å². The number of nitrogens with zero attached hydrogens (tertiary/aromatic N) is 2. The quantitative estimate of drug-likeness (QED) is 0.433. The summed E-state index contributed by atoms with van der Waals surface area (Å²) in [5.74, 6) is 1.47. The molecule has 0 atom stereocenters. The summed E-state index contributed by atoms with van der Waals surface area (Å²) in [5.41, 5.74) is 2.02. The number of aromatic amines is 1. The fourth-order valence-corrected chi connectivity index (χ4v) is 3.46. The molecule has 4 aromatic rings. The van der Waals surface area contributed by atoms with Crippen molar-refractivity contribution in [2.75, 3.05) is 6.61 Å². The first-order chi connectivity index (χ1) is 14.7. The minimum atomic E-state index is -0.250. The first kappa shape index (κ1) is 19.7. The first-order valence-corrected chi connectivity index (χ1v) is 10.3. The highest BCUT2D eigenvalue weighted by Gasteiger charge is 2.12. The molecule has 3 aromatic heterocycles. The van der Waals surface area contributed by atoms with Crippen molar-refractivity contribution in [2.24, 2.45) is 0 Å². The number of carbonyl (C=O) groups is 1. The van der Waals surface area contributed by atoms with Crippen LogP contribution < -0.4 is 14.8 Å². The summed E-state index contributed by atoms with van der Waals surface area (Å²) in [6.45, 7) is 2.81. The number of amides is 1. The molecule has 0 spiro atoms. The standard InChI is InChI=1S/C22H20N4O3S/c1-2-28-18-6-3-4-7-19(18)29-21-10-9-15(13-23-21)14-24-22(27)17-12-16(25-26-17)20-8-5-11-30-20/h3-13H,2,14H2,1H3,(H,24,27)(H,25,26). The summed E-state index contributed by atoms with van der Waals surface area (Å²) in [6, 6.07) is 16.7. The number of rotatable bonds is 8. The van der Waals surface area contributed by atoms with Gasteiger partial charge in [-0.3, -0.25) is 9.89 Å². The summed E-state index contributed by atoms with van der Waals surface area (Å²) in [6.07, 6.45) is 1.67. The summed E-state index contributed by atoms with van der Waals surface area (Å²) in [7, 11) is 0. The number of hydrogen-bond donors (Lipinski definition) is 2. The van der Waals surface area contributed by atoms with E-state index in [1.807, 2.05) is 54.8 Å². The van der Waals surface area contributed by atoms with Crippen molar-refractivity contribution in [2.45, 2.75) is 13.5 Å². The first-order valence-electron chi connectivity index (χ1n) is 9.45. The summed E-state index contributed by atoms with van der Waals surface area (Å²) in [4.78, 5) is 17.7. The van der Waals surface area contributed by atoms with Gasteiger partial charge in [-0.25, -0.2) is 4.98 Å². The molecular weight excluding hydrogens is 400 g/mol. The number of ether oxygens (including phenoxy) is 2. The van der Waals surface area contributed by atoms with Crippen LogP contribution in [0.2, 0.25) is 0 Å². The van der Waals surface area contributed by atoms with Gasteiger partial charge < -0.3 is 14.8 Å². The number of pyridine rings is 1. The van der Waals surface area contributed by atoms with Crippen molar-refractivity contribution < 1.29 is 14.3 Å². The lowest BCUT2D eigenvalue weighted by Crippen LogP contribution is -2.23. The van der Waals surface area contributed by atoms with Crippen molar-refractivity contribution in [3.05, 3.63) is 77.4 Å². The van der Waals surface area contributed by atoms with E-state index in [1.54, 1.807) is 29.7 Å². The summed E-state index contributed by atoms with van der Waals surface area (Å²) >= 11 is 1.59.